The van der Waals surface area contributed by atoms with E-state index in [0.717, 1.165) is 25.7 Å². The molecule has 1 aromatic rings. The third-order valence-electron chi connectivity index (χ3n) is 3.74. The Bertz CT molecular complexity index is 453. The van der Waals surface area contributed by atoms with E-state index in [1.165, 1.54) is 6.42 Å². The first-order valence-electron chi connectivity index (χ1n) is 6.38. The minimum absolute atomic E-state index is 0.0506. The van der Waals surface area contributed by atoms with Gasteiger partial charge < -0.3 is 11.1 Å². The van der Waals surface area contributed by atoms with Gasteiger partial charge in [0.05, 0.1) is 10.7 Å². The van der Waals surface area contributed by atoms with Gasteiger partial charge in [0.2, 0.25) is 5.91 Å². The Morgan fingerprint density at radius 1 is 1.33 bits per heavy atom. The van der Waals surface area contributed by atoms with E-state index in [1.807, 2.05) is 6.92 Å². The Morgan fingerprint density at radius 3 is 2.67 bits per heavy atom. The number of carbonyl (C=O) groups is 1. The standard InChI is InChI=1S/C14H19ClN2O/c1-14(7-3-2-4-8-14)13(18)17-12-9-10(16)5-6-11(12)15/h5-6,9H,2-4,7-8,16H2,1H3,(H,17,18). The van der Waals surface area contributed by atoms with Crippen LogP contribution in [0.15, 0.2) is 18.2 Å². The average Bonchev–Trinajstić information content (AvgIpc) is 2.35. The fourth-order valence-corrected chi connectivity index (χ4v) is 2.64. The van der Waals surface area contributed by atoms with Crippen molar-refractivity contribution < 1.29 is 4.79 Å². The molecule has 1 aliphatic rings. The predicted octanol–water partition coefficient (Wildman–Crippen LogP) is 3.83. The van der Waals surface area contributed by atoms with Gasteiger partial charge in [0.25, 0.3) is 0 Å². The molecule has 3 N–H and O–H groups in total. The number of hydrogen-bond donors (Lipinski definition) is 2. The van der Waals surface area contributed by atoms with Crippen LogP contribution in [0.4, 0.5) is 11.4 Å². The SMILES string of the molecule is CC1(C(=O)Nc2cc(N)ccc2Cl)CCCCC1. The summed E-state index contributed by atoms with van der Waals surface area (Å²) in [7, 11) is 0. The molecule has 1 fully saturated rings. The lowest BCUT2D eigenvalue weighted by Gasteiger charge is -2.32. The lowest BCUT2D eigenvalue weighted by molar-refractivity contribution is -0.126. The van der Waals surface area contributed by atoms with Crippen LogP contribution >= 0.6 is 11.6 Å². The van der Waals surface area contributed by atoms with Gasteiger partial charge in [-0.05, 0) is 31.0 Å². The summed E-state index contributed by atoms with van der Waals surface area (Å²) >= 11 is 6.05. The molecule has 0 bridgehead atoms. The Hall–Kier alpha value is -1.22. The van der Waals surface area contributed by atoms with Crippen molar-refractivity contribution in [3.63, 3.8) is 0 Å². The number of nitrogen functional groups attached to an aromatic ring is 1. The summed E-state index contributed by atoms with van der Waals surface area (Å²) in [6.45, 7) is 2.03. The first kappa shape index (κ1) is 13.2. The second-order valence-corrected chi connectivity index (χ2v) is 5.72. The summed E-state index contributed by atoms with van der Waals surface area (Å²) in [6.07, 6.45) is 5.35. The van der Waals surface area contributed by atoms with Crippen LogP contribution in [0.2, 0.25) is 5.02 Å². The van der Waals surface area contributed by atoms with Crippen molar-refractivity contribution >= 4 is 28.9 Å². The van der Waals surface area contributed by atoms with Gasteiger partial charge in [-0.2, -0.15) is 0 Å². The van der Waals surface area contributed by atoms with E-state index >= 15 is 0 Å². The summed E-state index contributed by atoms with van der Waals surface area (Å²) in [5, 5.41) is 3.44. The molecule has 98 valence electrons. The Labute approximate surface area is 113 Å². The number of amides is 1. The third kappa shape index (κ3) is 2.78. The molecule has 0 spiro atoms. The molecule has 1 aliphatic carbocycles. The van der Waals surface area contributed by atoms with Crippen LogP contribution in [0.1, 0.15) is 39.0 Å². The molecule has 0 saturated heterocycles. The lowest BCUT2D eigenvalue weighted by Crippen LogP contribution is -2.35. The van der Waals surface area contributed by atoms with Crippen molar-refractivity contribution in [3.05, 3.63) is 23.2 Å². The van der Waals surface area contributed by atoms with Gasteiger partial charge in [-0.3, -0.25) is 4.79 Å². The molecule has 0 unspecified atom stereocenters. The van der Waals surface area contributed by atoms with Crippen molar-refractivity contribution in [1.29, 1.82) is 0 Å². The summed E-state index contributed by atoms with van der Waals surface area (Å²) < 4.78 is 0. The number of rotatable bonds is 2. The van der Waals surface area contributed by atoms with Crippen LogP contribution in [0.5, 0.6) is 0 Å². The largest absolute Gasteiger partial charge is 0.399 e. The highest BCUT2D eigenvalue weighted by Crippen LogP contribution is 2.37. The second-order valence-electron chi connectivity index (χ2n) is 5.31. The zero-order valence-electron chi connectivity index (χ0n) is 10.6. The molecule has 1 saturated carbocycles. The molecule has 3 nitrogen and oxygen atoms in total. The molecular formula is C14H19ClN2O. The molecule has 0 radical (unpaired) electrons. The van der Waals surface area contributed by atoms with Gasteiger partial charge in [0.15, 0.2) is 0 Å². The maximum absolute atomic E-state index is 12.3. The zero-order chi connectivity index (χ0) is 13.2. The molecule has 18 heavy (non-hydrogen) atoms. The number of hydrogen-bond acceptors (Lipinski definition) is 2. The van der Waals surface area contributed by atoms with Gasteiger partial charge in [-0.15, -0.1) is 0 Å². The van der Waals surface area contributed by atoms with Gasteiger partial charge in [0.1, 0.15) is 0 Å². The molecule has 4 heteroatoms. The van der Waals surface area contributed by atoms with E-state index < -0.39 is 0 Å². The molecule has 0 aromatic heterocycles. The molecule has 1 aromatic carbocycles. The van der Waals surface area contributed by atoms with E-state index in [0.29, 0.717) is 16.4 Å². The summed E-state index contributed by atoms with van der Waals surface area (Å²) in [5.41, 5.74) is 6.64. The van der Waals surface area contributed by atoms with Gasteiger partial charge in [-0.1, -0.05) is 37.8 Å². The minimum atomic E-state index is -0.272. The summed E-state index contributed by atoms with van der Waals surface area (Å²) in [5.74, 6) is 0.0506. The average molecular weight is 267 g/mol. The van der Waals surface area contributed by atoms with Crippen LogP contribution in [0, 0.1) is 5.41 Å². The third-order valence-corrected chi connectivity index (χ3v) is 4.07. The normalized spacial score (nSPS) is 18.3. The van der Waals surface area contributed by atoms with Crippen molar-refractivity contribution in [1.82, 2.24) is 0 Å². The molecule has 0 aliphatic heterocycles. The topological polar surface area (TPSA) is 55.1 Å². The monoisotopic (exact) mass is 266 g/mol. The van der Waals surface area contributed by atoms with E-state index in [2.05, 4.69) is 5.32 Å². The summed E-state index contributed by atoms with van der Waals surface area (Å²) in [6, 6.07) is 5.13. The van der Waals surface area contributed by atoms with Crippen LogP contribution < -0.4 is 11.1 Å². The number of nitrogens with two attached hydrogens (primary N) is 1. The maximum Gasteiger partial charge on any atom is 0.230 e. The van der Waals surface area contributed by atoms with Crippen LogP contribution in [0.3, 0.4) is 0 Å². The molecule has 2 rings (SSSR count). The number of benzene rings is 1. The quantitative estimate of drug-likeness (QED) is 0.800. The van der Waals surface area contributed by atoms with Crippen LogP contribution in [-0.4, -0.2) is 5.91 Å². The number of carbonyl (C=O) groups excluding carboxylic acids is 1. The van der Waals surface area contributed by atoms with Crippen LogP contribution in [-0.2, 0) is 4.79 Å². The highest BCUT2D eigenvalue weighted by molar-refractivity contribution is 6.33. The van der Waals surface area contributed by atoms with Crippen LogP contribution in [0.25, 0.3) is 0 Å². The number of anilines is 2. The predicted molar refractivity (Wildman–Crippen MR) is 75.7 cm³/mol. The fourth-order valence-electron chi connectivity index (χ4n) is 2.47. The summed E-state index contributed by atoms with van der Waals surface area (Å²) in [4.78, 5) is 12.3. The Kier molecular flexibility index (Phi) is 3.81. The maximum atomic E-state index is 12.3. The lowest BCUT2D eigenvalue weighted by atomic mass is 9.75. The van der Waals surface area contributed by atoms with Gasteiger partial charge >= 0.3 is 0 Å². The minimum Gasteiger partial charge on any atom is -0.399 e. The van der Waals surface area contributed by atoms with Crippen molar-refractivity contribution in [3.8, 4) is 0 Å². The highest BCUT2D eigenvalue weighted by Gasteiger charge is 2.34. The second kappa shape index (κ2) is 5.19. The molecular weight excluding hydrogens is 248 g/mol. The Balaban J connectivity index is 2.13. The van der Waals surface area contributed by atoms with Gasteiger partial charge in [-0.25, -0.2) is 0 Å². The Morgan fingerprint density at radius 2 is 2.00 bits per heavy atom. The van der Waals surface area contributed by atoms with Crippen molar-refractivity contribution in [2.45, 2.75) is 39.0 Å². The van der Waals surface area contributed by atoms with Gasteiger partial charge in [0, 0.05) is 11.1 Å². The van der Waals surface area contributed by atoms with E-state index in [1.54, 1.807) is 18.2 Å². The number of halogens is 1. The highest BCUT2D eigenvalue weighted by atomic mass is 35.5. The zero-order valence-corrected chi connectivity index (χ0v) is 11.4. The van der Waals surface area contributed by atoms with E-state index in [4.69, 9.17) is 17.3 Å². The number of nitrogens with one attached hydrogen (secondary N) is 1. The smallest absolute Gasteiger partial charge is 0.230 e. The first-order chi connectivity index (χ1) is 8.51. The van der Waals surface area contributed by atoms with Crippen molar-refractivity contribution in [2.75, 3.05) is 11.1 Å². The molecule has 0 atom stereocenters. The van der Waals surface area contributed by atoms with Crippen molar-refractivity contribution in [2.24, 2.45) is 5.41 Å². The fraction of sp³-hybridized carbons (Fsp3) is 0.500. The molecule has 0 heterocycles. The van der Waals surface area contributed by atoms with E-state index in [9.17, 15) is 4.79 Å². The first-order valence-corrected chi connectivity index (χ1v) is 6.75. The van der Waals surface area contributed by atoms with E-state index in [-0.39, 0.29) is 11.3 Å². The molecule has 1 amide bonds.